The zero-order valence-corrected chi connectivity index (χ0v) is 20.9. The van der Waals surface area contributed by atoms with Crippen LogP contribution in [0.4, 0.5) is 5.69 Å². The molecule has 1 unspecified atom stereocenters. The van der Waals surface area contributed by atoms with Gasteiger partial charge in [0.05, 0.1) is 19.1 Å². The highest BCUT2D eigenvalue weighted by atomic mass is 16.6. The second kappa shape index (κ2) is 11.0. The number of aryl methyl sites for hydroxylation is 1. The molecule has 180 valence electrons. The molecule has 0 N–H and O–H groups in total. The number of nitrogens with zero attached hydrogens (tertiary/aromatic N) is 2. The molecule has 1 aliphatic rings. The van der Waals surface area contributed by atoms with Crippen LogP contribution in [0.3, 0.4) is 0 Å². The Hall–Kier alpha value is -2.57. The second-order valence-electron chi connectivity index (χ2n) is 9.87. The van der Waals surface area contributed by atoms with Crippen molar-refractivity contribution in [3.63, 3.8) is 0 Å². The predicted molar refractivity (Wildman–Crippen MR) is 132 cm³/mol. The maximum Gasteiger partial charge on any atom is 0.307 e. The largest absolute Gasteiger partial charge is 0.489 e. The number of ether oxygens (including phenoxy) is 3. The molecule has 1 atom stereocenters. The lowest BCUT2D eigenvalue weighted by Crippen LogP contribution is -2.40. The van der Waals surface area contributed by atoms with Crippen molar-refractivity contribution in [2.24, 2.45) is 0 Å². The van der Waals surface area contributed by atoms with Crippen LogP contribution in [0.15, 0.2) is 42.5 Å². The van der Waals surface area contributed by atoms with Crippen molar-refractivity contribution in [3.05, 3.63) is 59.2 Å². The van der Waals surface area contributed by atoms with Gasteiger partial charge in [0.15, 0.2) is 0 Å². The summed E-state index contributed by atoms with van der Waals surface area (Å²) in [6, 6.07) is 14.6. The minimum atomic E-state index is -0.444. The molecule has 33 heavy (non-hydrogen) atoms. The van der Waals surface area contributed by atoms with Gasteiger partial charge in [0.25, 0.3) is 0 Å². The monoisotopic (exact) mass is 454 g/mol. The van der Waals surface area contributed by atoms with E-state index in [0.29, 0.717) is 26.2 Å². The molecule has 0 amide bonds. The number of esters is 1. The fourth-order valence-electron chi connectivity index (χ4n) is 3.93. The van der Waals surface area contributed by atoms with Crippen LogP contribution >= 0.6 is 0 Å². The van der Waals surface area contributed by atoms with Crippen LogP contribution < -0.4 is 9.64 Å². The molecule has 1 fully saturated rings. The molecule has 0 saturated carbocycles. The van der Waals surface area contributed by atoms with Gasteiger partial charge >= 0.3 is 5.97 Å². The lowest BCUT2D eigenvalue weighted by molar-refractivity contribution is -0.155. The summed E-state index contributed by atoms with van der Waals surface area (Å²) in [5.74, 6) is 0.698. The van der Waals surface area contributed by atoms with E-state index in [1.165, 1.54) is 5.56 Å². The van der Waals surface area contributed by atoms with Crippen molar-refractivity contribution in [2.75, 3.05) is 45.2 Å². The molecule has 0 aromatic heterocycles. The zero-order chi connectivity index (χ0) is 24.0. The summed E-state index contributed by atoms with van der Waals surface area (Å²) in [7, 11) is 4.07. The van der Waals surface area contributed by atoms with E-state index in [2.05, 4.69) is 53.1 Å². The first-order chi connectivity index (χ1) is 15.6. The van der Waals surface area contributed by atoms with Crippen LogP contribution in [0.25, 0.3) is 0 Å². The van der Waals surface area contributed by atoms with Gasteiger partial charge in [-0.3, -0.25) is 9.69 Å². The number of hydrogen-bond donors (Lipinski definition) is 0. The van der Waals surface area contributed by atoms with Crippen molar-refractivity contribution < 1.29 is 19.0 Å². The molecule has 6 nitrogen and oxygen atoms in total. The molecular formula is C27H38N2O4. The van der Waals surface area contributed by atoms with Crippen LogP contribution in [-0.2, 0) is 20.9 Å². The van der Waals surface area contributed by atoms with Gasteiger partial charge in [0.1, 0.15) is 18.0 Å². The van der Waals surface area contributed by atoms with Crippen LogP contribution in [-0.4, -0.2) is 56.8 Å². The Morgan fingerprint density at radius 1 is 1.18 bits per heavy atom. The van der Waals surface area contributed by atoms with E-state index in [0.717, 1.165) is 35.7 Å². The third kappa shape index (κ3) is 7.76. The van der Waals surface area contributed by atoms with E-state index in [9.17, 15) is 4.79 Å². The number of rotatable bonds is 8. The van der Waals surface area contributed by atoms with Crippen LogP contribution in [0.1, 0.15) is 50.0 Å². The lowest BCUT2D eigenvalue weighted by atomic mass is 10.0. The Morgan fingerprint density at radius 2 is 1.97 bits per heavy atom. The molecule has 0 spiro atoms. The predicted octanol–water partition coefficient (Wildman–Crippen LogP) is 4.75. The SMILES string of the molecule is Cc1cc(OCc2cccc(N(C)C)c2)ccc1C1CN(CCC(=O)OC(C)(C)C)CCO1. The first kappa shape index (κ1) is 25.1. The van der Waals surface area contributed by atoms with Gasteiger partial charge in [-0.25, -0.2) is 0 Å². The van der Waals surface area contributed by atoms with E-state index >= 15 is 0 Å². The average molecular weight is 455 g/mol. The highest BCUT2D eigenvalue weighted by Crippen LogP contribution is 2.28. The minimum absolute atomic E-state index is 0.0109. The summed E-state index contributed by atoms with van der Waals surface area (Å²) >= 11 is 0. The van der Waals surface area contributed by atoms with Crippen molar-refractivity contribution in [2.45, 2.75) is 52.4 Å². The Balaban J connectivity index is 1.55. The summed E-state index contributed by atoms with van der Waals surface area (Å²) < 4.78 is 17.6. The summed E-state index contributed by atoms with van der Waals surface area (Å²) in [6.07, 6.45) is 0.383. The Bertz CT molecular complexity index is 936. The molecule has 6 heteroatoms. The number of carbonyl (C=O) groups is 1. The highest BCUT2D eigenvalue weighted by molar-refractivity contribution is 5.70. The maximum atomic E-state index is 12.1. The van der Waals surface area contributed by atoms with Crippen molar-refractivity contribution in [3.8, 4) is 5.75 Å². The van der Waals surface area contributed by atoms with Gasteiger partial charge in [-0.05, 0) is 68.7 Å². The standard InChI is InChI=1S/C27H38N2O4/c1-20-16-23(32-19-21-8-7-9-22(17-21)28(5)6)10-11-24(20)25-18-29(14-15-31-25)13-12-26(30)33-27(2,3)4/h7-11,16-17,25H,12-15,18-19H2,1-6H3. The summed E-state index contributed by atoms with van der Waals surface area (Å²) in [5, 5.41) is 0. The number of benzene rings is 2. The van der Waals surface area contributed by atoms with Crippen LogP contribution in [0.2, 0.25) is 0 Å². The number of carbonyl (C=O) groups excluding carboxylic acids is 1. The molecule has 0 aliphatic carbocycles. The lowest BCUT2D eigenvalue weighted by Gasteiger charge is -2.33. The van der Waals surface area contributed by atoms with Crippen molar-refractivity contribution in [1.82, 2.24) is 4.90 Å². The minimum Gasteiger partial charge on any atom is -0.489 e. The summed E-state index contributed by atoms with van der Waals surface area (Å²) in [4.78, 5) is 16.4. The molecule has 3 rings (SSSR count). The Kier molecular flexibility index (Phi) is 8.38. The molecular weight excluding hydrogens is 416 g/mol. The Morgan fingerprint density at radius 3 is 2.67 bits per heavy atom. The first-order valence-corrected chi connectivity index (χ1v) is 11.7. The second-order valence-corrected chi connectivity index (χ2v) is 9.87. The van der Waals surface area contributed by atoms with Crippen molar-refractivity contribution >= 4 is 11.7 Å². The van der Waals surface area contributed by atoms with Gasteiger partial charge in [0.2, 0.25) is 0 Å². The van der Waals surface area contributed by atoms with Gasteiger partial charge < -0.3 is 19.1 Å². The topological polar surface area (TPSA) is 51.2 Å². The highest BCUT2D eigenvalue weighted by Gasteiger charge is 2.24. The zero-order valence-electron chi connectivity index (χ0n) is 20.9. The van der Waals surface area contributed by atoms with Crippen molar-refractivity contribution in [1.29, 1.82) is 0 Å². The van der Waals surface area contributed by atoms with Gasteiger partial charge in [-0.15, -0.1) is 0 Å². The summed E-state index contributed by atoms with van der Waals surface area (Å²) in [5.41, 5.74) is 4.17. The molecule has 1 heterocycles. The van der Waals surface area contributed by atoms with E-state index < -0.39 is 5.60 Å². The fourth-order valence-corrected chi connectivity index (χ4v) is 3.93. The first-order valence-electron chi connectivity index (χ1n) is 11.7. The van der Waals surface area contributed by atoms with Gasteiger partial charge in [0, 0.05) is 39.4 Å². The third-order valence-electron chi connectivity index (χ3n) is 5.62. The molecule has 1 saturated heterocycles. The maximum absolute atomic E-state index is 12.1. The Labute approximate surface area is 198 Å². The smallest absolute Gasteiger partial charge is 0.307 e. The molecule has 0 radical (unpaired) electrons. The quantitative estimate of drug-likeness (QED) is 0.537. The van der Waals surface area contributed by atoms with Gasteiger partial charge in [-0.2, -0.15) is 0 Å². The average Bonchev–Trinajstić information content (AvgIpc) is 2.75. The third-order valence-corrected chi connectivity index (χ3v) is 5.62. The normalized spacial score (nSPS) is 17.0. The number of hydrogen-bond acceptors (Lipinski definition) is 6. The fraction of sp³-hybridized carbons (Fsp3) is 0.519. The van der Waals surface area contributed by atoms with E-state index in [1.54, 1.807) is 0 Å². The number of anilines is 1. The van der Waals surface area contributed by atoms with Crippen LogP contribution in [0.5, 0.6) is 5.75 Å². The van der Waals surface area contributed by atoms with E-state index in [-0.39, 0.29) is 12.1 Å². The summed E-state index contributed by atoms with van der Waals surface area (Å²) in [6.45, 7) is 11.2. The molecule has 2 aromatic rings. The molecule has 1 aliphatic heterocycles. The molecule has 2 aromatic carbocycles. The van der Waals surface area contributed by atoms with E-state index in [4.69, 9.17) is 14.2 Å². The number of morpholine rings is 1. The van der Waals surface area contributed by atoms with Crippen LogP contribution in [0, 0.1) is 6.92 Å². The van der Waals surface area contributed by atoms with Gasteiger partial charge in [-0.1, -0.05) is 18.2 Å². The van der Waals surface area contributed by atoms with E-state index in [1.807, 2.05) is 40.9 Å². The molecule has 0 bridgehead atoms.